The standard InChI is InChI=1S/C20H25FN2O2/c1-19(2)9-15-10-20(3,11-19)12-23(15)18(24)17-8-16(22-25-17)13-4-6-14(21)7-5-13/h4-7,15,17H,8-12H2,1-3H3/t15-,17-,20+/m0/s1. The lowest BCUT2D eigenvalue weighted by Gasteiger charge is -2.39. The van der Waals surface area contributed by atoms with E-state index >= 15 is 0 Å². The van der Waals surface area contributed by atoms with Gasteiger partial charge in [0.1, 0.15) is 5.82 Å². The third-order valence-electron chi connectivity index (χ3n) is 5.82. The zero-order chi connectivity index (χ0) is 17.8. The maximum Gasteiger partial charge on any atom is 0.267 e. The first-order valence-corrected chi connectivity index (χ1v) is 9.04. The molecule has 0 spiro atoms. The van der Waals surface area contributed by atoms with Crippen LogP contribution in [0.2, 0.25) is 0 Å². The van der Waals surface area contributed by atoms with Gasteiger partial charge in [-0.3, -0.25) is 4.79 Å². The highest BCUT2D eigenvalue weighted by Gasteiger charge is 2.52. The van der Waals surface area contributed by atoms with Crippen molar-refractivity contribution in [2.45, 2.75) is 58.6 Å². The number of oxime groups is 1. The Morgan fingerprint density at radius 1 is 1.24 bits per heavy atom. The molecule has 1 aromatic carbocycles. The lowest BCUT2D eigenvalue weighted by molar-refractivity contribution is -0.143. The molecule has 3 aliphatic rings. The average molecular weight is 344 g/mol. The van der Waals surface area contributed by atoms with Crippen molar-refractivity contribution in [3.8, 4) is 0 Å². The third-order valence-corrected chi connectivity index (χ3v) is 5.82. The molecule has 1 amide bonds. The molecule has 25 heavy (non-hydrogen) atoms. The van der Waals surface area contributed by atoms with E-state index in [0.717, 1.165) is 31.4 Å². The molecule has 2 heterocycles. The molecule has 2 bridgehead atoms. The van der Waals surface area contributed by atoms with Gasteiger partial charge in [0, 0.05) is 19.0 Å². The van der Waals surface area contributed by atoms with Crippen LogP contribution < -0.4 is 0 Å². The normalized spacial score (nSPS) is 33.1. The number of nitrogens with zero attached hydrogens (tertiary/aromatic N) is 2. The van der Waals surface area contributed by atoms with Crippen LogP contribution >= 0.6 is 0 Å². The number of rotatable bonds is 2. The molecular weight excluding hydrogens is 319 g/mol. The molecule has 2 fully saturated rings. The molecule has 2 aliphatic heterocycles. The van der Waals surface area contributed by atoms with Gasteiger partial charge < -0.3 is 9.74 Å². The van der Waals surface area contributed by atoms with Crippen molar-refractivity contribution >= 4 is 11.6 Å². The smallest absolute Gasteiger partial charge is 0.267 e. The zero-order valence-corrected chi connectivity index (χ0v) is 15.1. The highest BCUT2D eigenvalue weighted by Crippen LogP contribution is 2.52. The van der Waals surface area contributed by atoms with E-state index in [4.69, 9.17) is 4.84 Å². The van der Waals surface area contributed by atoms with E-state index in [9.17, 15) is 9.18 Å². The lowest BCUT2D eigenvalue weighted by atomic mass is 9.65. The van der Waals surface area contributed by atoms with Gasteiger partial charge in [0.25, 0.3) is 5.91 Å². The van der Waals surface area contributed by atoms with Gasteiger partial charge in [-0.1, -0.05) is 38.1 Å². The van der Waals surface area contributed by atoms with Gasteiger partial charge in [-0.2, -0.15) is 0 Å². The van der Waals surface area contributed by atoms with Crippen molar-refractivity contribution in [3.63, 3.8) is 0 Å². The van der Waals surface area contributed by atoms with E-state index < -0.39 is 6.10 Å². The van der Waals surface area contributed by atoms with Crippen LogP contribution in [0.25, 0.3) is 0 Å². The number of carbonyl (C=O) groups is 1. The van der Waals surface area contributed by atoms with Gasteiger partial charge in [-0.25, -0.2) is 4.39 Å². The van der Waals surface area contributed by atoms with Crippen molar-refractivity contribution in [2.24, 2.45) is 16.0 Å². The number of carbonyl (C=O) groups excluding carboxylic acids is 1. The Balaban J connectivity index is 1.46. The van der Waals surface area contributed by atoms with E-state index in [1.807, 2.05) is 4.90 Å². The Morgan fingerprint density at radius 3 is 2.68 bits per heavy atom. The van der Waals surface area contributed by atoms with Gasteiger partial charge in [-0.05, 0) is 47.8 Å². The number of fused-ring (bicyclic) bond motifs is 2. The van der Waals surface area contributed by atoms with Crippen molar-refractivity contribution in [1.29, 1.82) is 0 Å². The number of benzene rings is 1. The summed E-state index contributed by atoms with van der Waals surface area (Å²) in [5.41, 5.74) is 2.01. The van der Waals surface area contributed by atoms with Crippen molar-refractivity contribution in [3.05, 3.63) is 35.6 Å². The molecule has 4 rings (SSSR count). The van der Waals surface area contributed by atoms with Crippen LogP contribution in [0, 0.1) is 16.6 Å². The maximum atomic E-state index is 13.1. The molecule has 1 saturated heterocycles. The number of halogens is 1. The quantitative estimate of drug-likeness (QED) is 0.820. The fourth-order valence-electron chi connectivity index (χ4n) is 5.23. The zero-order valence-electron chi connectivity index (χ0n) is 15.1. The largest absolute Gasteiger partial charge is 0.382 e. The van der Waals surface area contributed by atoms with E-state index in [2.05, 4.69) is 25.9 Å². The molecule has 1 aliphatic carbocycles. The SMILES string of the molecule is CC1(C)C[C@H]2C[C@@](C)(CN2C(=O)[C@@H]2CC(c3ccc(F)cc3)=NO2)C1. The summed E-state index contributed by atoms with van der Waals surface area (Å²) in [5.74, 6) is -0.233. The fourth-order valence-corrected chi connectivity index (χ4v) is 5.23. The van der Waals surface area contributed by atoms with Crippen LogP contribution in [0.3, 0.4) is 0 Å². The second-order valence-electron chi connectivity index (χ2n) is 9.02. The first-order chi connectivity index (χ1) is 11.7. The minimum atomic E-state index is -0.550. The Morgan fingerprint density at radius 2 is 1.96 bits per heavy atom. The summed E-state index contributed by atoms with van der Waals surface area (Å²) in [5, 5.41) is 4.09. The van der Waals surface area contributed by atoms with Gasteiger partial charge in [0.05, 0.1) is 5.71 Å². The van der Waals surface area contributed by atoms with E-state index in [1.165, 1.54) is 12.1 Å². The Labute approximate surface area is 148 Å². The second kappa shape index (κ2) is 5.55. The summed E-state index contributed by atoms with van der Waals surface area (Å²) in [6.07, 6.45) is 3.19. The molecule has 0 N–H and O–H groups in total. The first kappa shape index (κ1) is 16.6. The molecule has 134 valence electrons. The summed E-state index contributed by atoms with van der Waals surface area (Å²) < 4.78 is 13.1. The van der Waals surface area contributed by atoms with Gasteiger partial charge in [0.2, 0.25) is 6.10 Å². The minimum Gasteiger partial charge on any atom is -0.382 e. The number of hydrogen-bond acceptors (Lipinski definition) is 3. The summed E-state index contributed by atoms with van der Waals surface area (Å²) in [4.78, 5) is 20.5. The van der Waals surface area contributed by atoms with Crippen molar-refractivity contribution in [1.82, 2.24) is 4.90 Å². The van der Waals surface area contributed by atoms with Crippen LogP contribution in [0.5, 0.6) is 0 Å². The third kappa shape index (κ3) is 3.05. The highest BCUT2D eigenvalue weighted by atomic mass is 19.1. The van der Waals surface area contributed by atoms with Gasteiger partial charge in [-0.15, -0.1) is 0 Å². The van der Waals surface area contributed by atoms with Crippen molar-refractivity contribution < 1.29 is 14.0 Å². The Bertz CT molecular complexity index is 728. The molecule has 4 nitrogen and oxygen atoms in total. The van der Waals surface area contributed by atoms with E-state index in [1.54, 1.807) is 12.1 Å². The lowest BCUT2D eigenvalue weighted by Crippen LogP contribution is -2.43. The van der Waals surface area contributed by atoms with Gasteiger partial charge in [0.15, 0.2) is 0 Å². The van der Waals surface area contributed by atoms with Crippen LogP contribution in [0.1, 0.15) is 52.0 Å². The first-order valence-electron chi connectivity index (χ1n) is 9.04. The fraction of sp³-hybridized carbons (Fsp3) is 0.600. The maximum absolute atomic E-state index is 13.1. The molecule has 0 radical (unpaired) electrons. The van der Waals surface area contributed by atoms with Crippen LogP contribution in [0.4, 0.5) is 4.39 Å². The topological polar surface area (TPSA) is 41.9 Å². The number of likely N-dealkylation sites (tertiary alicyclic amines) is 1. The van der Waals surface area contributed by atoms with Crippen molar-refractivity contribution in [2.75, 3.05) is 6.54 Å². The molecule has 3 atom stereocenters. The van der Waals surface area contributed by atoms with Crippen LogP contribution in [-0.4, -0.2) is 35.2 Å². The monoisotopic (exact) mass is 344 g/mol. The average Bonchev–Trinajstić information content (AvgIpc) is 3.09. The summed E-state index contributed by atoms with van der Waals surface area (Å²) >= 11 is 0. The summed E-state index contributed by atoms with van der Waals surface area (Å²) in [6.45, 7) is 7.70. The molecule has 5 heteroatoms. The summed E-state index contributed by atoms with van der Waals surface area (Å²) in [6, 6.07) is 6.46. The molecule has 0 unspecified atom stereocenters. The number of hydrogen-bond donors (Lipinski definition) is 0. The molecular formula is C20H25FN2O2. The van der Waals surface area contributed by atoms with E-state index in [0.29, 0.717) is 18.2 Å². The Kier molecular flexibility index (Phi) is 3.67. The molecule has 1 aromatic rings. The number of amides is 1. The molecule has 1 saturated carbocycles. The predicted octanol–water partition coefficient (Wildman–Crippen LogP) is 3.75. The second-order valence-corrected chi connectivity index (χ2v) is 9.02. The summed E-state index contributed by atoms with van der Waals surface area (Å²) in [7, 11) is 0. The van der Waals surface area contributed by atoms with Gasteiger partial charge >= 0.3 is 0 Å². The minimum absolute atomic E-state index is 0.0484. The van der Waals surface area contributed by atoms with Crippen LogP contribution in [0.15, 0.2) is 29.4 Å². The van der Waals surface area contributed by atoms with Crippen LogP contribution in [-0.2, 0) is 9.63 Å². The Hall–Kier alpha value is -1.91. The van der Waals surface area contributed by atoms with E-state index in [-0.39, 0.29) is 22.6 Å². The highest BCUT2D eigenvalue weighted by molar-refractivity contribution is 6.04. The molecule has 0 aromatic heterocycles. The predicted molar refractivity (Wildman–Crippen MR) is 93.7 cm³/mol.